The number of carbonyl (C=O) groups is 6. The monoisotopic (exact) mass is 991 g/mol. The van der Waals surface area contributed by atoms with Crippen LogP contribution < -0.4 is 25.1 Å². The Morgan fingerprint density at radius 2 is 1.50 bits per heavy atom. The van der Waals surface area contributed by atoms with E-state index in [2.05, 4.69) is 30.7 Å². The highest BCUT2D eigenvalue weighted by Gasteiger charge is 2.36. The van der Waals surface area contributed by atoms with Crippen molar-refractivity contribution in [2.45, 2.75) is 19.3 Å². The van der Waals surface area contributed by atoms with Crippen LogP contribution in [0.15, 0.2) is 120 Å². The molecular weight excluding hydrogens is 945 g/mol. The van der Waals surface area contributed by atoms with E-state index < -0.39 is 35.5 Å². The number of carbonyl (C=O) groups excluding carboxylic acids is 6. The van der Waals surface area contributed by atoms with E-state index in [9.17, 15) is 33.2 Å². The molecule has 3 aliphatic heterocycles. The van der Waals surface area contributed by atoms with E-state index in [0.29, 0.717) is 102 Å². The van der Waals surface area contributed by atoms with Crippen molar-refractivity contribution in [1.82, 2.24) is 30.1 Å². The minimum Gasteiger partial charge on any atom is -0.492 e. The Labute approximate surface area is 416 Å². The molecule has 5 aromatic carbocycles. The molecule has 366 valence electrons. The minimum atomic E-state index is -0.496. The standard InChI is InChI=1S/C53H47ClFN9O8/c1-31(59-60-47(65)16-17-63-48(66)14-15-49(63)67)32-6-10-38(11-7-32)71-23-22-61-18-20-62(21-19-61)53(70)72-46-28-45-50(40-5-3-2-4-39(40)46)35(29-54)30-64(45)52(69)44-27-34-25-37(9-13-42(34)58-44)56-51(68)43-26-33-24-36(55)8-12-41(33)57-43/h2-15,24-28,35,57-58H,16-23,29-30H2,1H3,(H,56,68)(H,60,65)/b59-31-. The number of nitrogens with zero attached hydrogens (tertiary/aromatic N) is 5. The van der Waals surface area contributed by atoms with E-state index in [1.165, 1.54) is 24.3 Å². The van der Waals surface area contributed by atoms with Gasteiger partial charge in [0.15, 0.2) is 0 Å². The Balaban J connectivity index is 0.738. The average molecular weight is 992 g/mol. The van der Waals surface area contributed by atoms with Gasteiger partial charge in [-0.3, -0.25) is 33.8 Å². The van der Waals surface area contributed by atoms with E-state index >= 15 is 0 Å². The molecule has 0 radical (unpaired) electrons. The summed E-state index contributed by atoms with van der Waals surface area (Å²) in [6.45, 7) is 5.17. The van der Waals surface area contributed by atoms with Crippen molar-refractivity contribution < 1.29 is 42.6 Å². The second kappa shape index (κ2) is 20.2. The van der Waals surface area contributed by atoms with Gasteiger partial charge < -0.3 is 34.6 Å². The number of halogens is 2. The molecule has 5 heterocycles. The third-order valence-electron chi connectivity index (χ3n) is 13.1. The number of H-pyrrole nitrogens is 2. The van der Waals surface area contributed by atoms with Crippen molar-refractivity contribution in [2.24, 2.45) is 5.10 Å². The second-order valence-electron chi connectivity index (χ2n) is 17.7. The lowest BCUT2D eigenvalue weighted by Gasteiger charge is -2.34. The van der Waals surface area contributed by atoms with Crippen LogP contribution in [0.1, 0.15) is 51.4 Å². The van der Waals surface area contributed by atoms with Crippen LogP contribution in [0.4, 0.5) is 20.6 Å². The van der Waals surface area contributed by atoms with Gasteiger partial charge in [0.05, 0.1) is 11.4 Å². The van der Waals surface area contributed by atoms with Gasteiger partial charge in [0.25, 0.3) is 23.6 Å². The summed E-state index contributed by atoms with van der Waals surface area (Å²) in [7, 11) is 0. The van der Waals surface area contributed by atoms with E-state index in [0.717, 1.165) is 26.8 Å². The highest BCUT2D eigenvalue weighted by molar-refractivity contribution is 6.19. The van der Waals surface area contributed by atoms with Gasteiger partial charge >= 0.3 is 6.09 Å². The summed E-state index contributed by atoms with van der Waals surface area (Å²) in [6.07, 6.45) is 1.78. The maximum Gasteiger partial charge on any atom is 0.415 e. The third-order valence-corrected chi connectivity index (χ3v) is 13.5. The third kappa shape index (κ3) is 9.86. The van der Waals surface area contributed by atoms with Gasteiger partial charge in [-0.1, -0.05) is 24.3 Å². The molecule has 0 saturated carbocycles. The molecule has 72 heavy (non-hydrogen) atoms. The minimum absolute atomic E-state index is 0.0267. The first kappa shape index (κ1) is 47.3. The number of rotatable bonds is 14. The molecule has 1 unspecified atom stereocenters. The zero-order chi connectivity index (χ0) is 50.0. The number of fused-ring (bicyclic) bond motifs is 5. The number of benzene rings is 5. The molecule has 1 atom stereocenters. The number of hydrogen-bond acceptors (Lipinski definition) is 10. The van der Waals surface area contributed by atoms with Crippen LogP contribution in [0.3, 0.4) is 0 Å². The maximum atomic E-state index is 14.4. The number of ether oxygens (including phenoxy) is 2. The van der Waals surface area contributed by atoms with Crippen molar-refractivity contribution in [3.05, 3.63) is 144 Å². The number of anilines is 2. The Morgan fingerprint density at radius 1 is 0.806 bits per heavy atom. The van der Waals surface area contributed by atoms with Crippen LogP contribution in [0.5, 0.6) is 11.5 Å². The lowest BCUT2D eigenvalue weighted by molar-refractivity contribution is -0.137. The summed E-state index contributed by atoms with van der Waals surface area (Å²) in [5, 5.41) is 9.87. The first-order valence-electron chi connectivity index (χ1n) is 23.3. The predicted octanol–water partition coefficient (Wildman–Crippen LogP) is 7.53. The summed E-state index contributed by atoms with van der Waals surface area (Å²) in [6, 6.07) is 29.5. The van der Waals surface area contributed by atoms with Gasteiger partial charge in [0, 0.05) is 115 Å². The molecule has 0 aliphatic carbocycles. The average Bonchev–Trinajstić information content (AvgIpc) is 4.19. The zero-order valence-corrected chi connectivity index (χ0v) is 39.6. The van der Waals surface area contributed by atoms with Crippen LogP contribution in [-0.4, -0.2) is 124 Å². The van der Waals surface area contributed by atoms with Gasteiger partial charge in [0.2, 0.25) is 5.91 Å². The fourth-order valence-electron chi connectivity index (χ4n) is 9.24. The molecule has 17 nitrogen and oxygen atoms in total. The number of hydrazone groups is 1. The molecule has 0 spiro atoms. The number of imide groups is 1. The van der Waals surface area contributed by atoms with Crippen LogP contribution in [0, 0.1) is 5.82 Å². The van der Waals surface area contributed by atoms with E-state index in [1.807, 2.05) is 48.5 Å². The van der Waals surface area contributed by atoms with Gasteiger partial charge in [-0.15, -0.1) is 11.6 Å². The van der Waals surface area contributed by atoms with Crippen LogP contribution in [-0.2, 0) is 14.4 Å². The lowest BCUT2D eigenvalue weighted by atomic mass is 9.95. The summed E-state index contributed by atoms with van der Waals surface area (Å²) in [5.41, 5.74) is 7.73. The van der Waals surface area contributed by atoms with E-state index in [1.54, 1.807) is 59.2 Å². The van der Waals surface area contributed by atoms with Gasteiger partial charge in [-0.05, 0) is 96.2 Å². The van der Waals surface area contributed by atoms with Crippen LogP contribution >= 0.6 is 11.6 Å². The summed E-state index contributed by atoms with van der Waals surface area (Å²) in [4.78, 5) is 89.8. The van der Waals surface area contributed by atoms with Crippen molar-refractivity contribution in [1.29, 1.82) is 0 Å². The molecule has 6 amide bonds. The van der Waals surface area contributed by atoms with Crippen molar-refractivity contribution >= 4 is 96.9 Å². The number of aromatic amines is 2. The van der Waals surface area contributed by atoms with Gasteiger partial charge in [0.1, 0.15) is 35.3 Å². The molecule has 3 aliphatic rings. The van der Waals surface area contributed by atoms with E-state index in [4.69, 9.17) is 21.1 Å². The smallest absolute Gasteiger partial charge is 0.415 e. The Hall–Kier alpha value is -8.35. The number of amides is 6. The number of nitrogens with one attached hydrogen (secondary N) is 4. The molecule has 7 aromatic rings. The number of alkyl halides is 1. The van der Waals surface area contributed by atoms with Crippen LogP contribution in [0.25, 0.3) is 32.6 Å². The van der Waals surface area contributed by atoms with Crippen LogP contribution in [0.2, 0.25) is 0 Å². The molecule has 19 heteroatoms. The number of aromatic nitrogens is 2. The molecule has 10 rings (SSSR count). The second-order valence-corrected chi connectivity index (χ2v) is 18.0. The molecule has 0 bridgehead atoms. The fourth-order valence-corrected chi connectivity index (χ4v) is 9.49. The number of hydrogen-bond donors (Lipinski definition) is 4. The van der Waals surface area contributed by atoms with Gasteiger partial charge in [-0.2, -0.15) is 5.10 Å². The number of piperazine rings is 1. The van der Waals surface area contributed by atoms with Crippen molar-refractivity contribution in [3.63, 3.8) is 0 Å². The molecular formula is C53H47ClFN9O8. The molecule has 1 fully saturated rings. The summed E-state index contributed by atoms with van der Waals surface area (Å²) in [5.74, 6) is -1.34. The highest BCUT2D eigenvalue weighted by Crippen LogP contribution is 2.46. The normalized spacial score (nSPS) is 16.0. The first-order valence-corrected chi connectivity index (χ1v) is 23.9. The Bertz CT molecular complexity index is 3360. The maximum absolute atomic E-state index is 14.4. The largest absolute Gasteiger partial charge is 0.492 e. The SMILES string of the molecule is C/C(=N/NC(=O)CCN1C(=O)C=CC1=O)c1ccc(OCCN2CCN(C(=O)Oc3cc4c(c5ccccc35)C(CCl)CN4C(=O)c3cc4cc(NC(=O)c5cc6cc(F)ccc6[nH]5)ccc4[nH]3)CC2)cc1. The predicted molar refractivity (Wildman–Crippen MR) is 270 cm³/mol. The van der Waals surface area contributed by atoms with E-state index in [-0.39, 0.29) is 36.4 Å². The molecule has 2 aromatic heterocycles. The summed E-state index contributed by atoms with van der Waals surface area (Å²) < 4.78 is 25.9. The topological polar surface area (TPSA) is 202 Å². The van der Waals surface area contributed by atoms with Gasteiger partial charge in [-0.25, -0.2) is 14.6 Å². The summed E-state index contributed by atoms with van der Waals surface area (Å²) >= 11 is 6.58. The lowest BCUT2D eigenvalue weighted by Crippen LogP contribution is -2.50. The Kier molecular flexibility index (Phi) is 13.3. The molecule has 1 saturated heterocycles. The molecule has 4 N–H and O–H groups in total. The first-order chi connectivity index (χ1) is 34.9. The quantitative estimate of drug-likeness (QED) is 0.0368. The van der Waals surface area contributed by atoms with Crippen molar-refractivity contribution in [2.75, 3.05) is 68.5 Å². The zero-order valence-electron chi connectivity index (χ0n) is 38.9. The highest BCUT2D eigenvalue weighted by atomic mass is 35.5. The fraction of sp³-hybridized carbons (Fsp3) is 0.226. The Morgan fingerprint density at radius 3 is 2.25 bits per heavy atom. The van der Waals surface area contributed by atoms with Crippen molar-refractivity contribution in [3.8, 4) is 11.5 Å².